The zero-order chi connectivity index (χ0) is 21.5. The fourth-order valence-electron chi connectivity index (χ4n) is 3.24. The lowest BCUT2D eigenvalue weighted by atomic mass is 9.97. The highest BCUT2D eigenvalue weighted by atomic mass is 16.6. The number of rotatable bonds is 9. The molecule has 156 valence electrons. The van der Waals surface area contributed by atoms with Gasteiger partial charge in [-0.2, -0.15) is 0 Å². The van der Waals surface area contributed by atoms with Crippen molar-refractivity contribution in [2.45, 2.75) is 26.1 Å². The van der Waals surface area contributed by atoms with Gasteiger partial charge >= 0.3 is 5.97 Å². The van der Waals surface area contributed by atoms with Crippen molar-refractivity contribution in [3.8, 4) is 0 Å². The molecule has 0 fully saturated rings. The number of aliphatic hydroxyl groups excluding tert-OH is 1. The lowest BCUT2D eigenvalue weighted by molar-refractivity contribution is -0.147. The van der Waals surface area contributed by atoms with E-state index in [0.29, 0.717) is 24.5 Å². The number of benzene rings is 1. The maximum absolute atomic E-state index is 11.6. The summed E-state index contributed by atoms with van der Waals surface area (Å²) in [4.78, 5) is 16.2. The van der Waals surface area contributed by atoms with Gasteiger partial charge in [0.2, 0.25) is 0 Å². The summed E-state index contributed by atoms with van der Waals surface area (Å²) in [6.07, 6.45) is 3.48. The van der Waals surface area contributed by atoms with Gasteiger partial charge in [0.1, 0.15) is 18.1 Å². The number of aromatic nitrogens is 1. The van der Waals surface area contributed by atoms with Gasteiger partial charge in [-0.1, -0.05) is 30.9 Å². The molecule has 0 spiro atoms. The van der Waals surface area contributed by atoms with E-state index in [1.165, 1.54) is 6.92 Å². The summed E-state index contributed by atoms with van der Waals surface area (Å²) in [5, 5.41) is 10.3. The van der Waals surface area contributed by atoms with Crippen LogP contribution in [0.2, 0.25) is 0 Å². The van der Waals surface area contributed by atoms with Crippen LogP contribution in [0.5, 0.6) is 0 Å². The molecule has 3 rings (SSSR count). The Balaban J connectivity index is 1.96. The molecular weight excluding hydrogens is 382 g/mol. The van der Waals surface area contributed by atoms with Crippen LogP contribution in [0.25, 0.3) is 16.5 Å². The Kier molecular flexibility index (Phi) is 7.17. The van der Waals surface area contributed by atoms with Crippen LogP contribution in [0.15, 0.2) is 71.3 Å². The Morgan fingerprint density at radius 3 is 2.80 bits per heavy atom. The van der Waals surface area contributed by atoms with Crippen LogP contribution in [0.4, 0.5) is 0 Å². The summed E-state index contributed by atoms with van der Waals surface area (Å²) in [7, 11) is 1.61. The molecule has 1 N–H and O–H groups in total. The second-order valence-corrected chi connectivity index (χ2v) is 6.87. The van der Waals surface area contributed by atoms with E-state index in [9.17, 15) is 9.90 Å². The Labute approximate surface area is 175 Å². The van der Waals surface area contributed by atoms with Crippen molar-refractivity contribution in [3.05, 3.63) is 84.0 Å². The standard InChI is InChI=1S/C24H25NO5/c1-16(15-28-3)21(19-12-18-6-4-5-7-22(18)25-13-19)9-11-23(29-17(2)27)24-10-8-20(14-26)30-24/h4-10,12-13,23,26H,1,11,14-15H2,2-3H3/b21-9-/t23-/m0/s1. The minimum absolute atomic E-state index is 0.221. The van der Waals surface area contributed by atoms with Gasteiger partial charge in [0, 0.05) is 37.6 Å². The molecule has 2 aromatic heterocycles. The van der Waals surface area contributed by atoms with Crippen molar-refractivity contribution in [2.75, 3.05) is 13.7 Å². The third-order valence-electron chi connectivity index (χ3n) is 4.60. The van der Waals surface area contributed by atoms with Gasteiger partial charge in [-0.25, -0.2) is 0 Å². The normalized spacial score (nSPS) is 12.7. The number of nitrogens with zero attached hydrogens (tertiary/aromatic N) is 1. The summed E-state index contributed by atoms with van der Waals surface area (Å²) in [6, 6.07) is 13.3. The minimum Gasteiger partial charge on any atom is -0.460 e. The highest BCUT2D eigenvalue weighted by molar-refractivity contribution is 5.86. The summed E-state index contributed by atoms with van der Waals surface area (Å²) in [6.45, 7) is 5.63. The van der Waals surface area contributed by atoms with Crippen molar-refractivity contribution in [1.82, 2.24) is 4.98 Å². The van der Waals surface area contributed by atoms with Crippen LogP contribution < -0.4 is 0 Å². The van der Waals surface area contributed by atoms with Crippen molar-refractivity contribution >= 4 is 22.4 Å². The number of methoxy groups -OCH3 is 1. The van der Waals surface area contributed by atoms with E-state index in [2.05, 4.69) is 11.6 Å². The number of fused-ring (bicyclic) bond motifs is 1. The Hall–Kier alpha value is -3.22. The van der Waals surface area contributed by atoms with Gasteiger partial charge in [0.05, 0.1) is 12.1 Å². The van der Waals surface area contributed by atoms with E-state index < -0.39 is 12.1 Å². The second kappa shape index (κ2) is 10.0. The van der Waals surface area contributed by atoms with E-state index in [-0.39, 0.29) is 6.61 Å². The average Bonchev–Trinajstić information content (AvgIpc) is 3.22. The summed E-state index contributed by atoms with van der Waals surface area (Å²) < 4.78 is 16.3. The van der Waals surface area contributed by atoms with Crippen molar-refractivity contribution in [2.24, 2.45) is 0 Å². The molecule has 3 aromatic rings. The molecule has 6 nitrogen and oxygen atoms in total. The Morgan fingerprint density at radius 1 is 1.30 bits per heavy atom. The smallest absolute Gasteiger partial charge is 0.303 e. The van der Waals surface area contributed by atoms with Crippen molar-refractivity contribution in [3.63, 3.8) is 0 Å². The highest BCUT2D eigenvalue weighted by Gasteiger charge is 2.19. The molecular formula is C24H25NO5. The number of carbonyl (C=O) groups is 1. The number of hydrogen-bond donors (Lipinski definition) is 1. The number of ether oxygens (including phenoxy) is 2. The first-order valence-corrected chi connectivity index (χ1v) is 9.61. The van der Waals surface area contributed by atoms with E-state index in [1.807, 2.05) is 36.4 Å². The lowest BCUT2D eigenvalue weighted by Crippen LogP contribution is -2.08. The van der Waals surface area contributed by atoms with Crippen LogP contribution >= 0.6 is 0 Å². The molecule has 0 saturated carbocycles. The fourth-order valence-corrected chi connectivity index (χ4v) is 3.24. The number of hydrogen-bond acceptors (Lipinski definition) is 6. The van der Waals surface area contributed by atoms with Crippen LogP contribution in [0, 0.1) is 0 Å². The molecule has 0 radical (unpaired) electrons. The van der Waals surface area contributed by atoms with E-state index >= 15 is 0 Å². The van der Waals surface area contributed by atoms with E-state index in [0.717, 1.165) is 27.6 Å². The van der Waals surface area contributed by atoms with Crippen molar-refractivity contribution < 1.29 is 23.8 Å². The van der Waals surface area contributed by atoms with Crippen LogP contribution in [0.3, 0.4) is 0 Å². The van der Waals surface area contributed by atoms with Crippen molar-refractivity contribution in [1.29, 1.82) is 0 Å². The van der Waals surface area contributed by atoms with Gasteiger partial charge in [0.25, 0.3) is 0 Å². The zero-order valence-corrected chi connectivity index (χ0v) is 17.1. The third kappa shape index (κ3) is 5.23. The van der Waals surface area contributed by atoms with Gasteiger partial charge in [-0.05, 0) is 35.4 Å². The molecule has 0 amide bonds. The fraction of sp³-hybridized carbons (Fsp3) is 0.250. The molecule has 0 bridgehead atoms. The maximum Gasteiger partial charge on any atom is 0.303 e. The summed E-state index contributed by atoms with van der Waals surface area (Å²) in [5.74, 6) is 0.465. The van der Waals surface area contributed by atoms with Crippen LogP contribution in [-0.4, -0.2) is 29.8 Å². The Morgan fingerprint density at radius 2 is 2.10 bits per heavy atom. The molecule has 1 atom stereocenters. The number of furan rings is 1. The zero-order valence-electron chi connectivity index (χ0n) is 17.1. The number of para-hydroxylation sites is 1. The van der Waals surface area contributed by atoms with Gasteiger partial charge < -0.3 is 19.0 Å². The predicted octanol–water partition coefficient (Wildman–Crippen LogP) is 4.60. The van der Waals surface area contributed by atoms with Gasteiger partial charge in [-0.3, -0.25) is 9.78 Å². The molecule has 0 unspecified atom stereocenters. The Bertz CT molecular complexity index is 1070. The second-order valence-electron chi connectivity index (χ2n) is 6.87. The number of aliphatic hydroxyl groups is 1. The highest BCUT2D eigenvalue weighted by Crippen LogP contribution is 2.30. The third-order valence-corrected chi connectivity index (χ3v) is 4.60. The summed E-state index contributed by atoms with van der Waals surface area (Å²) in [5.41, 5.74) is 3.45. The van der Waals surface area contributed by atoms with Crippen LogP contribution in [-0.2, 0) is 20.9 Å². The number of carbonyl (C=O) groups excluding carboxylic acids is 1. The largest absolute Gasteiger partial charge is 0.460 e. The van der Waals surface area contributed by atoms with E-state index in [1.54, 1.807) is 25.4 Å². The molecule has 6 heteroatoms. The van der Waals surface area contributed by atoms with Crippen LogP contribution in [0.1, 0.15) is 36.5 Å². The first-order valence-electron chi connectivity index (χ1n) is 9.61. The van der Waals surface area contributed by atoms with E-state index in [4.69, 9.17) is 13.9 Å². The molecule has 0 aliphatic rings. The minimum atomic E-state index is -0.624. The molecule has 0 aliphatic heterocycles. The number of esters is 1. The molecule has 0 aliphatic carbocycles. The quantitative estimate of drug-likeness (QED) is 0.412. The average molecular weight is 407 g/mol. The molecule has 1 aromatic carbocycles. The summed E-state index contributed by atoms with van der Waals surface area (Å²) >= 11 is 0. The SMILES string of the molecule is C=C(COC)/C(=C/C[C@H](OC(C)=O)c1ccc(CO)o1)c1cnc2ccccc2c1. The van der Waals surface area contributed by atoms with Gasteiger partial charge in [-0.15, -0.1) is 0 Å². The monoisotopic (exact) mass is 407 g/mol. The molecule has 2 heterocycles. The first-order chi connectivity index (χ1) is 14.5. The molecule has 0 saturated heterocycles. The predicted molar refractivity (Wildman–Crippen MR) is 114 cm³/mol. The lowest BCUT2D eigenvalue weighted by Gasteiger charge is -2.16. The maximum atomic E-state index is 11.6. The first kappa shape index (κ1) is 21.5. The van der Waals surface area contributed by atoms with Gasteiger partial charge in [0.15, 0.2) is 6.10 Å². The number of pyridine rings is 1. The topological polar surface area (TPSA) is 81.8 Å². The molecule has 30 heavy (non-hydrogen) atoms.